The number of ether oxygens (including phenoxy) is 3. The van der Waals surface area contributed by atoms with Crippen molar-refractivity contribution in [2.45, 2.75) is 20.8 Å². The van der Waals surface area contributed by atoms with Gasteiger partial charge in [0.25, 0.3) is 5.91 Å². The highest BCUT2D eigenvalue weighted by atomic mass is 16.5. The number of nitrogens with one attached hydrogen (secondary N) is 1. The molecule has 0 unspecified atom stereocenters. The van der Waals surface area contributed by atoms with E-state index in [0.717, 1.165) is 18.8 Å². The van der Waals surface area contributed by atoms with Gasteiger partial charge in [0.2, 0.25) is 0 Å². The normalized spacial score (nSPS) is 14.1. The Morgan fingerprint density at radius 3 is 2.44 bits per heavy atom. The van der Waals surface area contributed by atoms with Gasteiger partial charge >= 0.3 is 0 Å². The Balaban J connectivity index is 1.93. The largest absolute Gasteiger partial charge is 0.492 e. The van der Waals surface area contributed by atoms with Crippen LogP contribution >= 0.6 is 0 Å². The Morgan fingerprint density at radius 2 is 1.81 bits per heavy atom. The molecule has 0 atom stereocenters. The van der Waals surface area contributed by atoms with Crippen molar-refractivity contribution in [1.29, 1.82) is 0 Å². The molecule has 2 heterocycles. The Hall–Kier alpha value is -2.67. The molecule has 1 N–H and O–H groups in total. The number of hydrogen-bond donors (Lipinski definition) is 1. The molecule has 7 nitrogen and oxygen atoms in total. The lowest BCUT2D eigenvalue weighted by Gasteiger charge is -2.31. The van der Waals surface area contributed by atoms with Crippen LogP contribution in [-0.2, 0) is 4.74 Å². The van der Waals surface area contributed by atoms with Crippen LogP contribution in [-0.4, -0.2) is 45.4 Å². The zero-order valence-corrected chi connectivity index (χ0v) is 16.0. The highest BCUT2D eigenvalue weighted by Crippen LogP contribution is 2.39. The maximum Gasteiger partial charge on any atom is 0.291 e. The topological polar surface area (TPSA) is 73.2 Å². The van der Waals surface area contributed by atoms with E-state index in [1.54, 1.807) is 19.1 Å². The molecule has 0 bridgehead atoms. The number of anilines is 2. The number of aryl methyl sites for hydroxylation is 1. The van der Waals surface area contributed by atoms with E-state index in [-0.39, 0.29) is 11.7 Å². The molecule has 0 radical (unpaired) electrons. The van der Waals surface area contributed by atoms with Crippen LogP contribution in [0, 0.1) is 6.92 Å². The molecule has 0 spiro atoms. The van der Waals surface area contributed by atoms with E-state index in [1.165, 1.54) is 0 Å². The minimum absolute atomic E-state index is 0.255. The van der Waals surface area contributed by atoms with Gasteiger partial charge in [0.1, 0.15) is 17.3 Å². The number of carbonyl (C=O) groups is 1. The molecule has 1 aromatic heterocycles. The van der Waals surface area contributed by atoms with E-state index in [1.807, 2.05) is 26.0 Å². The molecule has 146 valence electrons. The second-order valence-electron chi connectivity index (χ2n) is 6.15. The SMILES string of the molecule is CCOc1cc(N2CCOCC2)c(OCC)cc1NC(=O)c1ccc(C)o1. The van der Waals surface area contributed by atoms with Gasteiger partial charge in [0.15, 0.2) is 5.76 Å². The third-order valence-corrected chi connectivity index (χ3v) is 4.22. The first kappa shape index (κ1) is 19.1. The maximum absolute atomic E-state index is 12.5. The molecule has 27 heavy (non-hydrogen) atoms. The second-order valence-corrected chi connectivity index (χ2v) is 6.15. The highest BCUT2D eigenvalue weighted by molar-refractivity contribution is 6.03. The molecule has 1 aromatic carbocycles. The van der Waals surface area contributed by atoms with Gasteiger partial charge in [0.05, 0.1) is 37.8 Å². The van der Waals surface area contributed by atoms with Gasteiger partial charge in [-0.2, -0.15) is 0 Å². The van der Waals surface area contributed by atoms with Gasteiger partial charge < -0.3 is 28.8 Å². The minimum atomic E-state index is -0.328. The van der Waals surface area contributed by atoms with Crippen LogP contribution in [0.4, 0.5) is 11.4 Å². The number of benzene rings is 1. The van der Waals surface area contributed by atoms with E-state index in [9.17, 15) is 4.79 Å². The Kier molecular flexibility index (Phi) is 6.24. The van der Waals surface area contributed by atoms with E-state index in [4.69, 9.17) is 18.6 Å². The summed E-state index contributed by atoms with van der Waals surface area (Å²) >= 11 is 0. The fourth-order valence-electron chi connectivity index (χ4n) is 2.98. The molecule has 1 amide bonds. The lowest BCUT2D eigenvalue weighted by molar-refractivity contribution is 0.0995. The molecule has 1 saturated heterocycles. The summed E-state index contributed by atoms with van der Waals surface area (Å²) in [6.45, 7) is 9.56. The van der Waals surface area contributed by atoms with Crippen LogP contribution in [0.15, 0.2) is 28.7 Å². The van der Waals surface area contributed by atoms with Crippen LogP contribution in [0.3, 0.4) is 0 Å². The van der Waals surface area contributed by atoms with E-state index >= 15 is 0 Å². The van der Waals surface area contributed by atoms with Crippen molar-refractivity contribution in [3.63, 3.8) is 0 Å². The van der Waals surface area contributed by atoms with Crippen LogP contribution in [0.1, 0.15) is 30.2 Å². The van der Waals surface area contributed by atoms with Crippen molar-refractivity contribution >= 4 is 17.3 Å². The molecule has 1 aliphatic rings. The molecule has 2 aromatic rings. The average molecular weight is 374 g/mol. The van der Waals surface area contributed by atoms with Gasteiger partial charge in [-0.3, -0.25) is 4.79 Å². The van der Waals surface area contributed by atoms with Crippen molar-refractivity contribution in [3.05, 3.63) is 35.8 Å². The first-order valence-corrected chi connectivity index (χ1v) is 9.26. The first-order chi connectivity index (χ1) is 13.1. The molecular weight excluding hydrogens is 348 g/mol. The fourth-order valence-corrected chi connectivity index (χ4v) is 2.98. The Labute approximate surface area is 159 Å². The number of amides is 1. The van der Waals surface area contributed by atoms with Gasteiger partial charge in [-0.1, -0.05) is 0 Å². The summed E-state index contributed by atoms with van der Waals surface area (Å²) < 4.78 is 22.5. The molecular formula is C20H26N2O5. The van der Waals surface area contributed by atoms with E-state index < -0.39 is 0 Å². The standard InChI is InChI=1S/C20H26N2O5/c1-4-25-18-13-16(22-8-10-24-11-9-22)19(26-5-2)12-15(18)21-20(23)17-7-6-14(3)27-17/h6-7,12-13H,4-5,8-11H2,1-3H3,(H,21,23). The van der Waals surface area contributed by atoms with Gasteiger partial charge in [-0.15, -0.1) is 0 Å². The van der Waals surface area contributed by atoms with Crippen molar-refractivity contribution in [2.24, 2.45) is 0 Å². The number of morpholine rings is 1. The predicted octanol–water partition coefficient (Wildman–Crippen LogP) is 3.47. The van der Waals surface area contributed by atoms with Gasteiger partial charge in [-0.25, -0.2) is 0 Å². The lowest BCUT2D eigenvalue weighted by atomic mass is 10.2. The third-order valence-electron chi connectivity index (χ3n) is 4.22. The highest BCUT2D eigenvalue weighted by Gasteiger charge is 2.21. The summed E-state index contributed by atoms with van der Waals surface area (Å²) in [5.41, 5.74) is 1.49. The summed E-state index contributed by atoms with van der Waals surface area (Å²) in [4.78, 5) is 14.7. The van der Waals surface area contributed by atoms with Crippen LogP contribution in [0.5, 0.6) is 11.5 Å². The second kappa shape index (κ2) is 8.81. The van der Waals surface area contributed by atoms with E-state index in [0.29, 0.717) is 49.4 Å². The van der Waals surface area contributed by atoms with Gasteiger partial charge in [0, 0.05) is 25.2 Å². The van der Waals surface area contributed by atoms with E-state index in [2.05, 4.69) is 10.2 Å². The monoisotopic (exact) mass is 374 g/mol. The molecule has 3 rings (SSSR count). The summed E-state index contributed by atoms with van der Waals surface area (Å²) in [5.74, 6) is 1.91. The predicted molar refractivity (Wildman–Crippen MR) is 103 cm³/mol. The summed E-state index contributed by atoms with van der Waals surface area (Å²) in [6.07, 6.45) is 0. The summed E-state index contributed by atoms with van der Waals surface area (Å²) in [5, 5.41) is 2.87. The van der Waals surface area contributed by atoms with Gasteiger partial charge in [-0.05, 0) is 32.9 Å². The quantitative estimate of drug-likeness (QED) is 0.800. The molecule has 1 fully saturated rings. The zero-order valence-electron chi connectivity index (χ0n) is 16.0. The third kappa shape index (κ3) is 4.54. The number of nitrogens with zero attached hydrogens (tertiary/aromatic N) is 1. The molecule has 0 saturated carbocycles. The van der Waals surface area contributed by atoms with Crippen molar-refractivity contribution < 1.29 is 23.4 Å². The van der Waals surface area contributed by atoms with Crippen molar-refractivity contribution in [2.75, 3.05) is 49.7 Å². The number of rotatable bonds is 7. The summed E-state index contributed by atoms with van der Waals surface area (Å²) in [6, 6.07) is 7.14. The molecule has 7 heteroatoms. The number of carbonyl (C=O) groups excluding carboxylic acids is 1. The van der Waals surface area contributed by atoms with Crippen LogP contribution in [0.25, 0.3) is 0 Å². The Morgan fingerprint density at radius 1 is 1.11 bits per heavy atom. The van der Waals surface area contributed by atoms with Crippen molar-refractivity contribution in [3.8, 4) is 11.5 Å². The average Bonchev–Trinajstić information content (AvgIpc) is 3.11. The number of furan rings is 1. The zero-order chi connectivity index (χ0) is 19.2. The molecule has 1 aliphatic heterocycles. The molecule has 0 aliphatic carbocycles. The fraction of sp³-hybridized carbons (Fsp3) is 0.450. The number of hydrogen-bond acceptors (Lipinski definition) is 6. The first-order valence-electron chi connectivity index (χ1n) is 9.26. The van der Waals surface area contributed by atoms with Crippen molar-refractivity contribution in [1.82, 2.24) is 0 Å². The van der Waals surface area contributed by atoms with Crippen LogP contribution < -0.4 is 19.7 Å². The smallest absolute Gasteiger partial charge is 0.291 e. The minimum Gasteiger partial charge on any atom is -0.492 e. The van der Waals surface area contributed by atoms with Crippen LogP contribution in [0.2, 0.25) is 0 Å². The Bertz CT molecular complexity index is 781. The maximum atomic E-state index is 12.5. The lowest BCUT2D eigenvalue weighted by Crippen LogP contribution is -2.36. The summed E-state index contributed by atoms with van der Waals surface area (Å²) in [7, 11) is 0.